The third-order valence-electron chi connectivity index (χ3n) is 4.11. The Balaban J connectivity index is 1.96. The lowest BCUT2D eigenvalue weighted by Gasteiger charge is -2.31. The third kappa shape index (κ3) is 5.50. The van der Waals surface area contributed by atoms with E-state index >= 15 is 0 Å². The summed E-state index contributed by atoms with van der Waals surface area (Å²) >= 11 is 0. The average molecular weight is 306 g/mol. The van der Waals surface area contributed by atoms with Gasteiger partial charge in [0.15, 0.2) is 17.7 Å². The number of hydrogen-bond acceptors (Lipinski definition) is 4. The lowest BCUT2D eigenvalue weighted by Crippen LogP contribution is -2.46. The number of nitrogens with one attached hydrogen (secondary N) is 1. The van der Waals surface area contributed by atoms with Crippen molar-refractivity contribution in [1.29, 1.82) is 0 Å². The van der Waals surface area contributed by atoms with Crippen LogP contribution in [0.1, 0.15) is 39.0 Å². The zero-order valence-electron chi connectivity index (χ0n) is 14.0. The van der Waals surface area contributed by atoms with Crippen molar-refractivity contribution in [3.8, 4) is 11.5 Å². The Morgan fingerprint density at radius 1 is 1.14 bits per heavy atom. The lowest BCUT2D eigenvalue weighted by molar-refractivity contribution is 0.0922. The first-order chi connectivity index (χ1) is 10.8. The number of benzene rings is 1. The second kappa shape index (κ2) is 9.70. The first-order valence-electron chi connectivity index (χ1n) is 8.59. The molecule has 0 radical (unpaired) electrons. The number of methoxy groups -OCH3 is 1. The van der Waals surface area contributed by atoms with Crippen LogP contribution < -0.4 is 14.8 Å². The highest BCUT2D eigenvalue weighted by atomic mass is 16.5. The fourth-order valence-corrected chi connectivity index (χ4v) is 2.83. The summed E-state index contributed by atoms with van der Waals surface area (Å²) in [6.07, 6.45) is 6.34. The van der Waals surface area contributed by atoms with Crippen molar-refractivity contribution in [2.75, 3.05) is 33.3 Å². The van der Waals surface area contributed by atoms with E-state index in [0.717, 1.165) is 24.6 Å². The van der Waals surface area contributed by atoms with E-state index in [0.29, 0.717) is 0 Å². The second-order valence-electron chi connectivity index (χ2n) is 5.93. The molecule has 4 heteroatoms. The van der Waals surface area contributed by atoms with Crippen LogP contribution in [0.15, 0.2) is 24.3 Å². The van der Waals surface area contributed by atoms with Gasteiger partial charge in [-0.15, -0.1) is 0 Å². The number of rotatable bonds is 9. The van der Waals surface area contributed by atoms with Crippen molar-refractivity contribution in [3.63, 3.8) is 0 Å². The molecule has 4 nitrogen and oxygen atoms in total. The number of hydrogen-bond donors (Lipinski definition) is 1. The predicted octanol–water partition coefficient (Wildman–Crippen LogP) is 3.28. The summed E-state index contributed by atoms with van der Waals surface area (Å²) in [6, 6.07) is 7.88. The summed E-state index contributed by atoms with van der Waals surface area (Å²) in [5.74, 6) is 1.61. The molecule has 0 bridgehead atoms. The first-order valence-corrected chi connectivity index (χ1v) is 8.59. The van der Waals surface area contributed by atoms with Crippen LogP contribution in [0.3, 0.4) is 0 Å². The molecule has 1 fully saturated rings. The van der Waals surface area contributed by atoms with Gasteiger partial charge in [-0.1, -0.05) is 31.9 Å². The third-order valence-corrected chi connectivity index (χ3v) is 4.11. The van der Waals surface area contributed by atoms with Gasteiger partial charge >= 0.3 is 0 Å². The van der Waals surface area contributed by atoms with Crippen LogP contribution in [-0.4, -0.2) is 44.4 Å². The molecular weight excluding hydrogens is 276 g/mol. The van der Waals surface area contributed by atoms with Gasteiger partial charge in [-0.25, -0.2) is 0 Å². The average Bonchev–Trinajstić information content (AvgIpc) is 2.56. The number of para-hydroxylation sites is 2. The largest absolute Gasteiger partial charge is 0.493 e. The second-order valence-corrected chi connectivity index (χ2v) is 5.93. The monoisotopic (exact) mass is 306 g/mol. The van der Waals surface area contributed by atoms with Crippen LogP contribution in [0.4, 0.5) is 0 Å². The topological polar surface area (TPSA) is 33.7 Å². The molecule has 1 heterocycles. The van der Waals surface area contributed by atoms with E-state index in [1.807, 2.05) is 24.3 Å². The summed E-state index contributed by atoms with van der Waals surface area (Å²) in [4.78, 5) is 2.50. The summed E-state index contributed by atoms with van der Waals surface area (Å²) in [5, 5.41) is 3.55. The number of ether oxygens (including phenoxy) is 2. The standard InChI is InChI=1S/C18H30N2O2/c1-3-4-12-19-18(15-20-13-8-5-9-14-20)22-17-11-7-6-10-16(17)21-2/h6-7,10-11,18-19H,3-5,8-9,12-15H2,1-2H3/t18-/m0/s1. The number of likely N-dealkylation sites (tertiary alicyclic amines) is 1. The van der Waals surface area contributed by atoms with Crippen molar-refractivity contribution < 1.29 is 9.47 Å². The Morgan fingerprint density at radius 2 is 1.86 bits per heavy atom. The van der Waals surface area contributed by atoms with E-state index in [2.05, 4.69) is 17.1 Å². The molecule has 0 saturated carbocycles. The number of piperidine rings is 1. The van der Waals surface area contributed by atoms with E-state index in [1.54, 1.807) is 7.11 Å². The van der Waals surface area contributed by atoms with Crippen LogP contribution in [0, 0.1) is 0 Å². The Bertz CT molecular complexity index is 419. The van der Waals surface area contributed by atoms with Crippen molar-refractivity contribution in [1.82, 2.24) is 10.2 Å². The van der Waals surface area contributed by atoms with Gasteiger partial charge in [0.2, 0.25) is 0 Å². The van der Waals surface area contributed by atoms with E-state index in [9.17, 15) is 0 Å². The van der Waals surface area contributed by atoms with E-state index in [1.165, 1.54) is 45.2 Å². The normalized spacial score (nSPS) is 17.2. The molecule has 1 aliphatic heterocycles. The maximum absolute atomic E-state index is 6.21. The van der Waals surface area contributed by atoms with Crippen LogP contribution in [0.2, 0.25) is 0 Å². The molecule has 2 rings (SSSR count). The van der Waals surface area contributed by atoms with Gasteiger partial charge in [-0.3, -0.25) is 10.2 Å². The van der Waals surface area contributed by atoms with Gasteiger partial charge in [-0.05, 0) is 51.0 Å². The number of nitrogens with zero attached hydrogens (tertiary/aromatic N) is 1. The van der Waals surface area contributed by atoms with Gasteiger partial charge in [0, 0.05) is 6.54 Å². The summed E-state index contributed by atoms with van der Waals surface area (Å²) in [6.45, 7) is 6.50. The van der Waals surface area contributed by atoms with Gasteiger partial charge in [0.25, 0.3) is 0 Å². The Labute approximate surface area is 134 Å². The molecule has 0 aromatic heterocycles. The minimum absolute atomic E-state index is 0.0148. The van der Waals surface area contributed by atoms with Gasteiger partial charge < -0.3 is 9.47 Å². The van der Waals surface area contributed by atoms with Gasteiger partial charge in [0.05, 0.1) is 7.11 Å². The first kappa shape index (κ1) is 17.1. The molecular formula is C18H30N2O2. The van der Waals surface area contributed by atoms with E-state index in [-0.39, 0.29) is 6.23 Å². The smallest absolute Gasteiger partial charge is 0.163 e. The van der Waals surface area contributed by atoms with Gasteiger partial charge in [-0.2, -0.15) is 0 Å². The molecule has 0 amide bonds. The SMILES string of the molecule is CCCCN[C@H](CN1CCCCC1)Oc1ccccc1OC. The Kier molecular flexibility index (Phi) is 7.54. The summed E-state index contributed by atoms with van der Waals surface area (Å²) in [7, 11) is 1.69. The van der Waals surface area contributed by atoms with Crippen molar-refractivity contribution in [2.45, 2.75) is 45.3 Å². The molecule has 124 valence electrons. The molecule has 1 saturated heterocycles. The van der Waals surface area contributed by atoms with Crippen LogP contribution in [0.25, 0.3) is 0 Å². The maximum Gasteiger partial charge on any atom is 0.163 e. The highest BCUT2D eigenvalue weighted by molar-refractivity contribution is 5.39. The van der Waals surface area contributed by atoms with Crippen molar-refractivity contribution in [2.24, 2.45) is 0 Å². The molecule has 1 aromatic carbocycles. The molecule has 0 aliphatic carbocycles. The zero-order valence-corrected chi connectivity index (χ0v) is 14.0. The van der Waals surface area contributed by atoms with Crippen LogP contribution in [0.5, 0.6) is 11.5 Å². The maximum atomic E-state index is 6.21. The molecule has 1 atom stereocenters. The number of unbranched alkanes of at least 4 members (excludes halogenated alkanes) is 1. The Morgan fingerprint density at radius 3 is 2.55 bits per heavy atom. The molecule has 0 spiro atoms. The Hall–Kier alpha value is -1.26. The van der Waals surface area contributed by atoms with Crippen LogP contribution >= 0.6 is 0 Å². The predicted molar refractivity (Wildman–Crippen MR) is 90.6 cm³/mol. The molecule has 1 aliphatic rings. The van der Waals surface area contributed by atoms with Crippen LogP contribution in [-0.2, 0) is 0 Å². The van der Waals surface area contributed by atoms with E-state index in [4.69, 9.17) is 9.47 Å². The highest BCUT2D eigenvalue weighted by Crippen LogP contribution is 2.26. The highest BCUT2D eigenvalue weighted by Gasteiger charge is 2.18. The van der Waals surface area contributed by atoms with Crippen molar-refractivity contribution in [3.05, 3.63) is 24.3 Å². The van der Waals surface area contributed by atoms with Gasteiger partial charge in [0.1, 0.15) is 0 Å². The molecule has 1 N–H and O–H groups in total. The zero-order chi connectivity index (χ0) is 15.6. The summed E-state index contributed by atoms with van der Waals surface area (Å²) < 4.78 is 11.6. The molecule has 0 unspecified atom stereocenters. The summed E-state index contributed by atoms with van der Waals surface area (Å²) in [5.41, 5.74) is 0. The lowest BCUT2D eigenvalue weighted by atomic mass is 10.1. The molecule has 1 aromatic rings. The fourth-order valence-electron chi connectivity index (χ4n) is 2.83. The van der Waals surface area contributed by atoms with E-state index < -0.39 is 0 Å². The molecule has 22 heavy (non-hydrogen) atoms. The quantitative estimate of drug-likeness (QED) is 0.561. The minimum Gasteiger partial charge on any atom is -0.493 e. The minimum atomic E-state index is 0.0148. The van der Waals surface area contributed by atoms with Crippen molar-refractivity contribution >= 4 is 0 Å². The fraction of sp³-hybridized carbons (Fsp3) is 0.667.